The summed E-state index contributed by atoms with van der Waals surface area (Å²) in [4.78, 5) is 28.6. The number of nitrogens with zero attached hydrogens (tertiary/aromatic N) is 1. The van der Waals surface area contributed by atoms with Crippen molar-refractivity contribution < 1.29 is 13.9 Å². The molecule has 1 aromatic heterocycles. The Morgan fingerprint density at radius 3 is 2.37 bits per heavy atom. The third-order valence-corrected chi connectivity index (χ3v) is 4.13. The van der Waals surface area contributed by atoms with E-state index in [9.17, 15) is 9.59 Å². The number of ether oxygens (including phenoxy) is 1. The predicted octanol–water partition coefficient (Wildman–Crippen LogP) is 4.38. The van der Waals surface area contributed by atoms with Crippen molar-refractivity contribution in [3.63, 3.8) is 0 Å². The highest BCUT2D eigenvalue weighted by Crippen LogP contribution is 2.22. The number of hydrogen-bond donors (Lipinski definition) is 0. The Hall–Kier alpha value is -3.73. The van der Waals surface area contributed by atoms with Crippen LogP contribution in [-0.2, 0) is 0 Å². The first kappa shape index (κ1) is 16.7. The molecule has 0 saturated heterocycles. The van der Waals surface area contributed by atoms with Crippen LogP contribution in [0.2, 0.25) is 0 Å². The van der Waals surface area contributed by atoms with E-state index in [1.54, 1.807) is 54.6 Å². The van der Waals surface area contributed by atoms with Crippen molar-refractivity contribution in [3.05, 3.63) is 94.3 Å². The van der Waals surface area contributed by atoms with Crippen LogP contribution in [0.15, 0.2) is 82.0 Å². The fraction of sp³-hybridized carbons (Fsp3) is 0.0455. The molecule has 0 N–H and O–H groups in total. The molecule has 5 nitrogen and oxygen atoms in total. The van der Waals surface area contributed by atoms with Gasteiger partial charge in [-0.25, -0.2) is 14.6 Å². The molecular formula is C22H15NO4. The number of para-hydroxylation sites is 1. The summed E-state index contributed by atoms with van der Waals surface area (Å²) in [5, 5.41) is 0.435. The zero-order valence-corrected chi connectivity index (χ0v) is 14.5. The smallest absolute Gasteiger partial charge is 0.347 e. The van der Waals surface area contributed by atoms with Crippen LogP contribution in [0.5, 0.6) is 5.75 Å². The van der Waals surface area contributed by atoms with E-state index in [1.165, 1.54) is 0 Å². The van der Waals surface area contributed by atoms with Crippen molar-refractivity contribution in [1.29, 1.82) is 0 Å². The molecule has 1 heterocycles. The molecule has 0 fully saturated rings. The highest BCUT2D eigenvalue weighted by Gasteiger charge is 2.11. The first-order chi connectivity index (χ1) is 13.1. The van der Waals surface area contributed by atoms with Gasteiger partial charge < -0.3 is 9.15 Å². The van der Waals surface area contributed by atoms with E-state index in [4.69, 9.17) is 9.15 Å². The molecule has 0 atom stereocenters. The SMILES string of the molecule is Cc1ccc(C(=O)Oc2ccc(-c3nc4ccccc4c(=O)o3)cc2)cc1. The Kier molecular flexibility index (Phi) is 4.26. The van der Waals surface area contributed by atoms with Gasteiger partial charge in [0.15, 0.2) is 0 Å². The first-order valence-corrected chi connectivity index (χ1v) is 8.39. The van der Waals surface area contributed by atoms with E-state index in [-0.39, 0.29) is 5.89 Å². The highest BCUT2D eigenvalue weighted by molar-refractivity contribution is 5.91. The van der Waals surface area contributed by atoms with Gasteiger partial charge in [-0.1, -0.05) is 29.8 Å². The average molecular weight is 357 g/mol. The van der Waals surface area contributed by atoms with E-state index in [0.29, 0.717) is 27.8 Å². The molecule has 3 aromatic carbocycles. The molecule has 27 heavy (non-hydrogen) atoms. The number of aryl methyl sites for hydroxylation is 1. The molecular weight excluding hydrogens is 342 g/mol. The third-order valence-electron chi connectivity index (χ3n) is 4.13. The summed E-state index contributed by atoms with van der Waals surface area (Å²) in [6.45, 7) is 1.95. The van der Waals surface area contributed by atoms with Crippen LogP contribution >= 0.6 is 0 Å². The molecule has 4 aromatic rings. The lowest BCUT2D eigenvalue weighted by atomic mass is 10.1. The highest BCUT2D eigenvalue weighted by atomic mass is 16.5. The van der Waals surface area contributed by atoms with Crippen LogP contribution in [0.4, 0.5) is 0 Å². The Morgan fingerprint density at radius 1 is 0.926 bits per heavy atom. The number of benzene rings is 3. The van der Waals surface area contributed by atoms with Crippen LogP contribution in [0, 0.1) is 6.92 Å². The number of fused-ring (bicyclic) bond motifs is 1. The van der Waals surface area contributed by atoms with Gasteiger partial charge in [-0.3, -0.25) is 0 Å². The van der Waals surface area contributed by atoms with E-state index in [0.717, 1.165) is 5.56 Å². The van der Waals surface area contributed by atoms with Crippen molar-refractivity contribution in [3.8, 4) is 17.2 Å². The maximum Gasteiger partial charge on any atom is 0.347 e. The Balaban J connectivity index is 1.58. The van der Waals surface area contributed by atoms with Crippen LogP contribution in [-0.4, -0.2) is 11.0 Å². The maximum atomic E-state index is 12.2. The average Bonchev–Trinajstić information content (AvgIpc) is 2.69. The number of rotatable bonds is 3. The Bertz CT molecular complexity index is 1180. The van der Waals surface area contributed by atoms with E-state index in [1.807, 2.05) is 25.1 Å². The van der Waals surface area contributed by atoms with Crippen molar-refractivity contribution in [2.45, 2.75) is 6.92 Å². The van der Waals surface area contributed by atoms with Gasteiger partial charge in [-0.15, -0.1) is 0 Å². The summed E-state index contributed by atoms with van der Waals surface area (Å²) >= 11 is 0. The molecule has 5 heteroatoms. The second-order valence-electron chi connectivity index (χ2n) is 6.10. The second-order valence-corrected chi connectivity index (χ2v) is 6.10. The maximum absolute atomic E-state index is 12.2. The lowest BCUT2D eigenvalue weighted by molar-refractivity contribution is 0.0735. The third kappa shape index (κ3) is 3.48. The molecule has 0 amide bonds. The molecule has 4 rings (SSSR count). The van der Waals surface area contributed by atoms with Crippen molar-refractivity contribution >= 4 is 16.9 Å². The molecule has 0 spiro atoms. The molecule has 0 aliphatic heterocycles. The minimum atomic E-state index is -0.439. The molecule has 0 bridgehead atoms. The summed E-state index contributed by atoms with van der Waals surface area (Å²) < 4.78 is 10.7. The number of carbonyl (C=O) groups excluding carboxylic acids is 1. The Morgan fingerprint density at radius 2 is 1.63 bits per heavy atom. The fourth-order valence-corrected chi connectivity index (χ4v) is 2.66. The quantitative estimate of drug-likeness (QED) is 0.402. The van der Waals surface area contributed by atoms with Crippen molar-refractivity contribution in [2.75, 3.05) is 0 Å². The molecule has 0 aliphatic rings. The van der Waals surface area contributed by atoms with Crippen LogP contribution in [0.25, 0.3) is 22.4 Å². The molecule has 0 saturated carbocycles. The number of esters is 1. The van der Waals surface area contributed by atoms with E-state index in [2.05, 4.69) is 4.98 Å². The molecule has 132 valence electrons. The van der Waals surface area contributed by atoms with Crippen LogP contribution < -0.4 is 10.4 Å². The molecule has 0 unspecified atom stereocenters. The summed E-state index contributed by atoms with van der Waals surface area (Å²) in [5.74, 6) is 0.181. The van der Waals surface area contributed by atoms with Gasteiger partial charge >= 0.3 is 11.6 Å². The van der Waals surface area contributed by atoms with Gasteiger partial charge in [0.05, 0.1) is 16.5 Å². The van der Waals surface area contributed by atoms with Gasteiger partial charge in [-0.05, 0) is 55.5 Å². The number of hydrogen-bond acceptors (Lipinski definition) is 5. The lowest BCUT2D eigenvalue weighted by Gasteiger charge is -2.06. The van der Waals surface area contributed by atoms with Gasteiger partial charge in [-0.2, -0.15) is 0 Å². The zero-order valence-electron chi connectivity index (χ0n) is 14.5. The normalized spacial score (nSPS) is 10.7. The van der Waals surface area contributed by atoms with Gasteiger partial charge in [0.25, 0.3) is 0 Å². The van der Waals surface area contributed by atoms with Gasteiger partial charge in [0, 0.05) is 5.56 Å². The number of carbonyl (C=O) groups is 1. The van der Waals surface area contributed by atoms with E-state index < -0.39 is 11.6 Å². The van der Waals surface area contributed by atoms with Gasteiger partial charge in [0.2, 0.25) is 5.89 Å². The molecule has 0 aliphatic carbocycles. The fourth-order valence-electron chi connectivity index (χ4n) is 2.66. The largest absolute Gasteiger partial charge is 0.423 e. The Labute approximate surface area is 154 Å². The first-order valence-electron chi connectivity index (χ1n) is 8.39. The summed E-state index contributed by atoms with van der Waals surface area (Å²) in [6, 6.07) is 20.8. The summed E-state index contributed by atoms with van der Waals surface area (Å²) in [5.41, 5.74) is 2.30. The summed E-state index contributed by atoms with van der Waals surface area (Å²) in [6.07, 6.45) is 0. The zero-order chi connectivity index (χ0) is 18.8. The van der Waals surface area contributed by atoms with Crippen molar-refractivity contribution in [2.24, 2.45) is 0 Å². The van der Waals surface area contributed by atoms with E-state index >= 15 is 0 Å². The minimum Gasteiger partial charge on any atom is -0.423 e. The van der Waals surface area contributed by atoms with Gasteiger partial charge in [0.1, 0.15) is 5.75 Å². The number of aromatic nitrogens is 1. The lowest BCUT2D eigenvalue weighted by Crippen LogP contribution is -2.08. The topological polar surface area (TPSA) is 69.4 Å². The predicted molar refractivity (Wildman–Crippen MR) is 102 cm³/mol. The van der Waals surface area contributed by atoms with Crippen LogP contribution in [0.1, 0.15) is 15.9 Å². The minimum absolute atomic E-state index is 0.218. The monoisotopic (exact) mass is 357 g/mol. The molecule has 0 radical (unpaired) electrons. The standard InChI is InChI=1S/C22H15NO4/c1-14-6-8-16(9-7-14)21(24)26-17-12-10-15(11-13-17)20-23-19-5-3-2-4-18(19)22(25)27-20/h2-13H,1H3. The summed E-state index contributed by atoms with van der Waals surface area (Å²) in [7, 11) is 0. The van der Waals surface area contributed by atoms with Crippen molar-refractivity contribution in [1.82, 2.24) is 4.98 Å². The van der Waals surface area contributed by atoms with Crippen LogP contribution in [0.3, 0.4) is 0 Å². The second kappa shape index (κ2) is 6.88.